The quantitative estimate of drug-likeness (QED) is 0.906. The van der Waals surface area contributed by atoms with Crippen LogP contribution in [-0.2, 0) is 0 Å². The maximum atomic E-state index is 13.9. The highest BCUT2D eigenvalue weighted by atomic mass is 19.1. The third-order valence-corrected chi connectivity index (χ3v) is 2.66. The Hall–Kier alpha value is -2.11. The zero-order valence-electron chi connectivity index (χ0n) is 10.5. The summed E-state index contributed by atoms with van der Waals surface area (Å²) in [5.41, 5.74) is 6.71. The van der Waals surface area contributed by atoms with Gasteiger partial charge < -0.3 is 10.5 Å². The Labute approximate surface area is 104 Å². The summed E-state index contributed by atoms with van der Waals surface area (Å²) in [5.74, 6) is 0.551. The van der Waals surface area contributed by atoms with Gasteiger partial charge in [-0.1, -0.05) is 19.1 Å². The molecule has 0 radical (unpaired) electrons. The number of methoxy groups -OCH3 is 1. The predicted molar refractivity (Wildman–Crippen MR) is 66.4 cm³/mol. The molecule has 1 aromatic heterocycles. The monoisotopic (exact) mass is 250 g/mol. The lowest BCUT2D eigenvalue weighted by Gasteiger charge is -2.11. The molecule has 0 fully saturated rings. The van der Waals surface area contributed by atoms with E-state index in [4.69, 9.17) is 10.5 Å². The van der Waals surface area contributed by atoms with Gasteiger partial charge in [0.15, 0.2) is 5.82 Å². The van der Waals surface area contributed by atoms with Gasteiger partial charge in [-0.2, -0.15) is 0 Å². The van der Waals surface area contributed by atoms with E-state index in [2.05, 4.69) is 10.3 Å². The zero-order chi connectivity index (χ0) is 13.3. The molecule has 1 aromatic carbocycles. The summed E-state index contributed by atoms with van der Waals surface area (Å²) >= 11 is 0. The van der Waals surface area contributed by atoms with Gasteiger partial charge in [-0.15, -0.1) is 5.10 Å². The number of benzene rings is 1. The molecule has 0 saturated carbocycles. The summed E-state index contributed by atoms with van der Waals surface area (Å²) in [4.78, 5) is 0. The lowest BCUT2D eigenvalue weighted by Crippen LogP contribution is -2.07. The normalized spacial score (nSPS) is 10.9. The summed E-state index contributed by atoms with van der Waals surface area (Å²) in [6.45, 7) is 3.90. The molecule has 0 bridgehead atoms. The summed E-state index contributed by atoms with van der Waals surface area (Å²) in [7, 11) is 1.52. The molecule has 96 valence electrons. The van der Waals surface area contributed by atoms with Crippen LogP contribution < -0.4 is 10.5 Å². The molecule has 1 heterocycles. The molecule has 6 heteroatoms. The first-order valence-electron chi connectivity index (χ1n) is 5.59. The lowest BCUT2D eigenvalue weighted by molar-refractivity contribution is 0.413. The molecular formula is C12H15FN4O. The molecule has 5 nitrogen and oxygen atoms in total. The van der Waals surface area contributed by atoms with Gasteiger partial charge in [0.2, 0.25) is 0 Å². The van der Waals surface area contributed by atoms with Crippen molar-refractivity contribution in [3.63, 3.8) is 0 Å². The Morgan fingerprint density at radius 1 is 1.39 bits per heavy atom. The second-order valence-corrected chi connectivity index (χ2v) is 4.24. The van der Waals surface area contributed by atoms with Crippen LogP contribution in [-0.4, -0.2) is 22.1 Å². The Morgan fingerprint density at radius 3 is 2.72 bits per heavy atom. The first-order chi connectivity index (χ1) is 8.54. The summed E-state index contributed by atoms with van der Waals surface area (Å²) < 4.78 is 20.4. The number of nitrogens with two attached hydrogens (primary N) is 1. The van der Waals surface area contributed by atoms with Crippen LogP contribution in [0.1, 0.15) is 25.5 Å². The van der Waals surface area contributed by atoms with Crippen LogP contribution in [0.3, 0.4) is 0 Å². The molecule has 2 aromatic rings. The van der Waals surface area contributed by atoms with Crippen molar-refractivity contribution < 1.29 is 9.13 Å². The molecule has 0 aliphatic heterocycles. The van der Waals surface area contributed by atoms with Crippen LogP contribution in [0.15, 0.2) is 18.2 Å². The van der Waals surface area contributed by atoms with Gasteiger partial charge in [0.25, 0.3) is 0 Å². The minimum absolute atomic E-state index is 0.0885. The van der Waals surface area contributed by atoms with E-state index in [-0.39, 0.29) is 11.6 Å². The van der Waals surface area contributed by atoms with Crippen molar-refractivity contribution >= 4 is 5.82 Å². The van der Waals surface area contributed by atoms with Gasteiger partial charge in [0.05, 0.1) is 12.8 Å². The largest absolute Gasteiger partial charge is 0.497 e. The SMILES string of the molecule is COc1ccc(F)c(-n2nnc(N)c2C(C)C)c1. The number of anilines is 1. The molecule has 0 amide bonds. The smallest absolute Gasteiger partial charge is 0.169 e. The van der Waals surface area contributed by atoms with Gasteiger partial charge in [-0.25, -0.2) is 9.07 Å². The van der Waals surface area contributed by atoms with Crippen molar-refractivity contribution in [2.24, 2.45) is 0 Å². The topological polar surface area (TPSA) is 66.0 Å². The summed E-state index contributed by atoms with van der Waals surface area (Å²) in [6.07, 6.45) is 0. The Morgan fingerprint density at radius 2 is 2.11 bits per heavy atom. The molecule has 0 spiro atoms. The predicted octanol–water partition coefficient (Wildman–Crippen LogP) is 2.12. The third kappa shape index (κ3) is 2.01. The highest BCUT2D eigenvalue weighted by Crippen LogP contribution is 2.26. The third-order valence-electron chi connectivity index (χ3n) is 2.66. The fourth-order valence-corrected chi connectivity index (χ4v) is 1.80. The number of nitrogen functional groups attached to an aromatic ring is 1. The second-order valence-electron chi connectivity index (χ2n) is 4.24. The van der Waals surface area contributed by atoms with E-state index < -0.39 is 5.82 Å². The lowest BCUT2D eigenvalue weighted by atomic mass is 10.1. The number of hydrogen-bond acceptors (Lipinski definition) is 4. The van der Waals surface area contributed by atoms with E-state index in [1.807, 2.05) is 13.8 Å². The minimum atomic E-state index is -0.400. The minimum Gasteiger partial charge on any atom is -0.497 e. The van der Waals surface area contributed by atoms with Crippen molar-refractivity contribution in [3.8, 4) is 11.4 Å². The van der Waals surface area contributed by atoms with Crippen LogP contribution >= 0.6 is 0 Å². The highest BCUT2D eigenvalue weighted by molar-refractivity contribution is 5.46. The first-order valence-corrected chi connectivity index (χ1v) is 5.59. The average Bonchev–Trinajstić information content (AvgIpc) is 2.72. The molecule has 0 aliphatic rings. The fourth-order valence-electron chi connectivity index (χ4n) is 1.80. The van der Waals surface area contributed by atoms with Gasteiger partial charge in [-0.3, -0.25) is 0 Å². The average molecular weight is 250 g/mol. The number of ether oxygens (including phenoxy) is 1. The standard InChI is InChI=1S/C12H15FN4O/c1-7(2)11-12(14)15-16-17(11)10-6-8(18-3)4-5-9(10)13/h4-7H,14H2,1-3H3. The van der Waals surface area contributed by atoms with Crippen molar-refractivity contribution in [1.82, 2.24) is 15.0 Å². The van der Waals surface area contributed by atoms with Crippen molar-refractivity contribution in [2.45, 2.75) is 19.8 Å². The zero-order valence-corrected chi connectivity index (χ0v) is 10.5. The van der Waals surface area contributed by atoms with Crippen LogP contribution in [0.25, 0.3) is 5.69 Å². The van der Waals surface area contributed by atoms with Crippen LogP contribution in [0.5, 0.6) is 5.75 Å². The first kappa shape index (κ1) is 12.3. The van der Waals surface area contributed by atoms with E-state index in [1.165, 1.54) is 17.9 Å². The molecule has 2 rings (SSSR count). The number of hydrogen-bond donors (Lipinski definition) is 1. The van der Waals surface area contributed by atoms with Gasteiger partial charge in [-0.05, 0) is 18.1 Å². The van der Waals surface area contributed by atoms with E-state index >= 15 is 0 Å². The molecule has 0 saturated heterocycles. The second kappa shape index (κ2) is 4.64. The van der Waals surface area contributed by atoms with E-state index in [0.717, 1.165) is 0 Å². The van der Waals surface area contributed by atoms with Crippen LogP contribution in [0, 0.1) is 5.82 Å². The van der Waals surface area contributed by atoms with Gasteiger partial charge >= 0.3 is 0 Å². The van der Waals surface area contributed by atoms with E-state index in [1.54, 1.807) is 12.1 Å². The van der Waals surface area contributed by atoms with E-state index in [0.29, 0.717) is 17.3 Å². The van der Waals surface area contributed by atoms with E-state index in [9.17, 15) is 4.39 Å². The molecular weight excluding hydrogens is 235 g/mol. The molecule has 0 atom stereocenters. The van der Waals surface area contributed by atoms with Gasteiger partial charge in [0, 0.05) is 6.07 Å². The Balaban J connectivity index is 2.61. The highest BCUT2D eigenvalue weighted by Gasteiger charge is 2.18. The van der Waals surface area contributed by atoms with Crippen LogP contribution in [0.2, 0.25) is 0 Å². The van der Waals surface area contributed by atoms with Crippen molar-refractivity contribution in [1.29, 1.82) is 0 Å². The summed E-state index contributed by atoms with van der Waals surface area (Å²) in [6, 6.07) is 4.44. The Kier molecular flexibility index (Phi) is 3.18. The molecule has 0 aliphatic carbocycles. The number of halogens is 1. The number of nitrogens with zero attached hydrogens (tertiary/aromatic N) is 3. The van der Waals surface area contributed by atoms with Crippen molar-refractivity contribution in [2.75, 3.05) is 12.8 Å². The maximum absolute atomic E-state index is 13.9. The maximum Gasteiger partial charge on any atom is 0.169 e. The fraction of sp³-hybridized carbons (Fsp3) is 0.333. The molecule has 2 N–H and O–H groups in total. The van der Waals surface area contributed by atoms with Gasteiger partial charge in [0.1, 0.15) is 17.3 Å². The number of rotatable bonds is 3. The van der Waals surface area contributed by atoms with Crippen molar-refractivity contribution in [3.05, 3.63) is 29.7 Å². The molecule has 0 unspecified atom stereocenters. The number of aromatic nitrogens is 3. The summed E-state index contributed by atoms with van der Waals surface area (Å²) in [5, 5.41) is 7.68. The molecule has 18 heavy (non-hydrogen) atoms. The van der Waals surface area contributed by atoms with Crippen LogP contribution in [0.4, 0.5) is 10.2 Å². The Bertz CT molecular complexity index is 565.